The van der Waals surface area contributed by atoms with Crippen molar-refractivity contribution >= 4 is 35.0 Å². The van der Waals surface area contributed by atoms with Crippen LogP contribution >= 0.6 is 0 Å². The zero-order valence-electron chi connectivity index (χ0n) is 18.8. The summed E-state index contributed by atoms with van der Waals surface area (Å²) in [5.41, 5.74) is 8.68. The van der Waals surface area contributed by atoms with Crippen molar-refractivity contribution in [2.45, 2.75) is 39.5 Å². The van der Waals surface area contributed by atoms with Crippen molar-refractivity contribution in [1.29, 1.82) is 0 Å². The first-order valence-electron chi connectivity index (χ1n) is 10.5. The number of carbonyl (C=O) groups is 4. The van der Waals surface area contributed by atoms with Crippen LogP contribution in [0.2, 0.25) is 0 Å². The molecule has 1 fully saturated rings. The zero-order valence-corrected chi connectivity index (χ0v) is 18.8. The minimum atomic E-state index is -1.19. The van der Waals surface area contributed by atoms with Gasteiger partial charge in [0.05, 0.1) is 30.0 Å². The molecule has 0 aromatic heterocycles. The van der Waals surface area contributed by atoms with Crippen molar-refractivity contribution in [3.05, 3.63) is 45.5 Å². The van der Waals surface area contributed by atoms with Gasteiger partial charge in [0.25, 0.3) is 11.5 Å². The lowest BCUT2D eigenvalue weighted by molar-refractivity contribution is -0.384. The number of hydrogen-bond donors (Lipinski definition) is 2. The molecular formula is C21H25N5O8. The van der Waals surface area contributed by atoms with E-state index < -0.39 is 52.3 Å². The summed E-state index contributed by atoms with van der Waals surface area (Å²) in [4.78, 5) is 61.6. The molecule has 1 saturated heterocycles. The van der Waals surface area contributed by atoms with Crippen LogP contribution in [-0.4, -0.2) is 64.3 Å². The number of nitro groups is 1. The number of benzene rings is 1. The van der Waals surface area contributed by atoms with Gasteiger partial charge in [0.2, 0.25) is 5.91 Å². The number of amides is 1. The number of rotatable bonds is 12. The number of nitrogens with zero attached hydrogens (tertiary/aromatic N) is 3. The van der Waals surface area contributed by atoms with Crippen molar-refractivity contribution in [3.63, 3.8) is 0 Å². The Kier molecular flexibility index (Phi) is 9.10. The normalized spacial score (nSPS) is 18.4. The average molecular weight is 475 g/mol. The van der Waals surface area contributed by atoms with E-state index in [1.165, 1.54) is 31.2 Å². The van der Waals surface area contributed by atoms with Gasteiger partial charge >= 0.3 is 17.7 Å². The van der Waals surface area contributed by atoms with E-state index in [1.807, 2.05) is 0 Å². The van der Waals surface area contributed by atoms with Crippen LogP contribution in [0.3, 0.4) is 0 Å². The second-order valence-corrected chi connectivity index (χ2v) is 7.64. The molecule has 0 saturated carbocycles. The number of ketones is 1. The molecule has 1 aromatic rings. The van der Waals surface area contributed by atoms with E-state index in [-0.39, 0.29) is 31.4 Å². The topological polar surface area (TPSA) is 190 Å². The second kappa shape index (κ2) is 11.8. The van der Waals surface area contributed by atoms with Gasteiger partial charge < -0.3 is 25.6 Å². The highest BCUT2D eigenvalue weighted by molar-refractivity contribution is 6.62. The Hall–Kier alpha value is -3.96. The number of carbonyl (C=O) groups excluding carboxylic acids is 4. The molecular weight excluding hydrogens is 450 g/mol. The van der Waals surface area contributed by atoms with Crippen LogP contribution in [-0.2, 0) is 35.3 Å². The highest BCUT2D eigenvalue weighted by Crippen LogP contribution is 2.26. The number of nitrogens with one attached hydrogen (secondary N) is 2. The second-order valence-electron chi connectivity index (χ2n) is 7.64. The molecule has 13 heteroatoms. The number of β-lactam (4-membered cyclic amide) rings is 1. The van der Waals surface area contributed by atoms with Gasteiger partial charge in [-0.1, -0.05) is 6.92 Å². The Morgan fingerprint density at radius 2 is 1.88 bits per heavy atom. The highest BCUT2D eigenvalue weighted by Gasteiger charge is 2.50. The monoisotopic (exact) mass is 475 g/mol. The third-order valence-corrected chi connectivity index (χ3v) is 5.41. The molecule has 4 atom stereocenters. The molecule has 0 radical (unpaired) electrons. The Labute approximate surface area is 194 Å². The fourth-order valence-corrected chi connectivity index (χ4v) is 3.48. The maximum Gasteiger partial charge on any atom is 0.441 e. The molecule has 2 N–H and O–H groups in total. The summed E-state index contributed by atoms with van der Waals surface area (Å²) in [6.07, 6.45) is 0. The summed E-state index contributed by atoms with van der Waals surface area (Å²) < 4.78 is 9.82. The fourth-order valence-electron chi connectivity index (χ4n) is 3.48. The van der Waals surface area contributed by atoms with Gasteiger partial charge in [0.1, 0.15) is 6.61 Å². The molecule has 182 valence electrons. The third kappa shape index (κ3) is 6.30. The SMILES string of the molecule is CCOC(=O)CN[C@H](C)[C@H]1C(=O)N[C@@H]1C(C)C(=O)C(=[N+]=[N-])C(=O)OCc1ccc([N+](=O)[O-])cc1. The number of Topliss-reactive ketones (excluding diaryl/α,β-unsaturated/α-hetero) is 1. The van der Waals surface area contributed by atoms with Crippen LogP contribution in [0.1, 0.15) is 26.3 Å². The smallest absolute Gasteiger partial charge is 0.441 e. The molecule has 2 rings (SSSR count). The van der Waals surface area contributed by atoms with Crippen LogP contribution in [0.15, 0.2) is 24.3 Å². The largest absolute Gasteiger partial charge is 0.465 e. The van der Waals surface area contributed by atoms with Crippen LogP contribution in [0.25, 0.3) is 5.53 Å². The van der Waals surface area contributed by atoms with Gasteiger partial charge in [-0.2, -0.15) is 4.79 Å². The molecule has 34 heavy (non-hydrogen) atoms. The standard InChI is InChI=1S/C21H25N5O8/c1-4-33-15(27)9-23-12(3)16-17(24-20(16)29)11(2)19(28)18(25-22)21(30)34-10-13-5-7-14(8-6-13)26(31)32/h5-8,11-12,16-17,23H,4,9-10H2,1-3H3,(H,24,29)/t11?,12-,16-,17-/m1/s1. The van der Waals surface area contributed by atoms with E-state index >= 15 is 0 Å². The van der Waals surface area contributed by atoms with Crippen molar-refractivity contribution in [2.24, 2.45) is 11.8 Å². The Morgan fingerprint density at radius 1 is 1.24 bits per heavy atom. The van der Waals surface area contributed by atoms with Gasteiger partial charge in [0, 0.05) is 24.1 Å². The van der Waals surface area contributed by atoms with E-state index in [4.69, 9.17) is 9.47 Å². The summed E-state index contributed by atoms with van der Waals surface area (Å²) in [6, 6.07) is 4.06. The quantitative estimate of drug-likeness (QED) is 0.0620. The molecule has 1 unspecified atom stereocenters. The lowest BCUT2D eigenvalue weighted by Crippen LogP contribution is -2.68. The van der Waals surface area contributed by atoms with Crippen LogP contribution in [0, 0.1) is 22.0 Å². The Morgan fingerprint density at radius 3 is 2.41 bits per heavy atom. The lowest BCUT2D eigenvalue weighted by atomic mass is 9.75. The van der Waals surface area contributed by atoms with Crippen LogP contribution in [0.4, 0.5) is 5.69 Å². The first kappa shape index (κ1) is 26.3. The maximum atomic E-state index is 12.8. The summed E-state index contributed by atoms with van der Waals surface area (Å²) in [5.74, 6) is -4.47. The zero-order chi connectivity index (χ0) is 25.4. The fraction of sp³-hybridized carbons (Fsp3) is 0.476. The molecule has 1 aliphatic rings. The third-order valence-electron chi connectivity index (χ3n) is 5.41. The number of nitro benzene ring substituents is 1. The van der Waals surface area contributed by atoms with E-state index in [9.17, 15) is 34.8 Å². The Balaban J connectivity index is 1.98. The van der Waals surface area contributed by atoms with Crippen molar-refractivity contribution in [3.8, 4) is 0 Å². The molecule has 0 bridgehead atoms. The summed E-state index contributed by atoms with van der Waals surface area (Å²) in [5, 5.41) is 16.2. The molecule has 1 aromatic carbocycles. The predicted molar refractivity (Wildman–Crippen MR) is 115 cm³/mol. The summed E-state index contributed by atoms with van der Waals surface area (Å²) in [6.45, 7) is 4.59. The number of esters is 2. The molecule has 1 aliphatic heterocycles. The lowest BCUT2D eigenvalue weighted by Gasteiger charge is -2.42. The maximum absolute atomic E-state index is 12.8. The Bertz CT molecular complexity index is 1020. The van der Waals surface area contributed by atoms with E-state index in [2.05, 4.69) is 15.4 Å². The van der Waals surface area contributed by atoms with Crippen molar-refractivity contribution in [2.75, 3.05) is 13.2 Å². The van der Waals surface area contributed by atoms with Gasteiger partial charge in [-0.3, -0.25) is 24.5 Å². The van der Waals surface area contributed by atoms with E-state index in [0.717, 1.165) is 0 Å². The first-order chi connectivity index (χ1) is 16.1. The minimum Gasteiger partial charge on any atom is -0.465 e. The summed E-state index contributed by atoms with van der Waals surface area (Å²) in [7, 11) is 0. The molecule has 0 aliphatic carbocycles. The minimum absolute atomic E-state index is 0.119. The van der Waals surface area contributed by atoms with Crippen molar-refractivity contribution in [1.82, 2.24) is 10.6 Å². The van der Waals surface area contributed by atoms with Crippen molar-refractivity contribution < 1.29 is 38.4 Å². The van der Waals surface area contributed by atoms with Gasteiger partial charge in [-0.25, -0.2) is 4.79 Å². The number of ether oxygens (including phenoxy) is 2. The van der Waals surface area contributed by atoms with Crippen LogP contribution < -0.4 is 10.6 Å². The average Bonchev–Trinajstić information content (AvgIpc) is 2.80. The van der Waals surface area contributed by atoms with E-state index in [0.29, 0.717) is 5.56 Å². The van der Waals surface area contributed by atoms with Crippen LogP contribution in [0.5, 0.6) is 0 Å². The molecule has 13 nitrogen and oxygen atoms in total. The highest BCUT2D eigenvalue weighted by atomic mass is 16.6. The van der Waals surface area contributed by atoms with Gasteiger partial charge in [0.15, 0.2) is 0 Å². The van der Waals surface area contributed by atoms with Gasteiger partial charge in [-0.05, 0) is 31.5 Å². The van der Waals surface area contributed by atoms with E-state index in [1.54, 1.807) is 13.8 Å². The van der Waals surface area contributed by atoms with Gasteiger partial charge in [-0.15, -0.1) is 0 Å². The number of non-ortho nitro benzene ring substituents is 1. The molecule has 1 heterocycles. The first-order valence-corrected chi connectivity index (χ1v) is 10.5. The number of hydrogen-bond acceptors (Lipinski definition) is 9. The molecule has 0 spiro atoms. The predicted octanol–water partition coefficient (Wildman–Crippen LogP) is 0.170. The summed E-state index contributed by atoms with van der Waals surface area (Å²) >= 11 is 0. The molecule has 1 amide bonds.